The van der Waals surface area contributed by atoms with Crippen molar-refractivity contribution < 1.29 is 13.7 Å². The summed E-state index contributed by atoms with van der Waals surface area (Å²) >= 11 is 1.58. The van der Waals surface area contributed by atoms with Crippen molar-refractivity contribution in [2.24, 2.45) is 0 Å². The second-order valence-corrected chi connectivity index (χ2v) is 5.95. The molecule has 0 atom stereocenters. The zero-order valence-corrected chi connectivity index (χ0v) is 14.0. The molecule has 0 saturated carbocycles. The minimum atomic E-state index is -0.167. The van der Waals surface area contributed by atoms with Gasteiger partial charge in [0.1, 0.15) is 17.1 Å². The van der Waals surface area contributed by atoms with Crippen molar-refractivity contribution >= 4 is 22.9 Å². The fourth-order valence-corrected chi connectivity index (χ4v) is 2.89. The van der Waals surface area contributed by atoms with Gasteiger partial charge < -0.3 is 14.3 Å². The molecular formula is C16H17N3O3S. The molecule has 6 nitrogen and oxygen atoms in total. The molecule has 0 aliphatic rings. The zero-order chi connectivity index (χ0) is 16.4. The van der Waals surface area contributed by atoms with Gasteiger partial charge in [-0.2, -0.15) is 11.3 Å². The van der Waals surface area contributed by atoms with E-state index in [9.17, 15) is 4.79 Å². The van der Waals surface area contributed by atoms with Crippen molar-refractivity contribution in [3.05, 3.63) is 39.7 Å². The normalized spacial score (nSPS) is 10.9. The van der Waals surface area contributed by atoms with Crippen LogP contribution in [0, 0.1) is 13.8 Å². The van der Waals surface area contributed by atoms with Gasteiger partial charge in [0.05, 0.1) is 12.1 Å². The number of nitrogens with one attached hydrogen (secondary N) is 1. The molecule has 1 N–H and O–H groups in total. The smallest absolute Gasteiger partial charge is 0.230 e. The first-order valence-corrected chi connectivity index (χ1v) is 8.26. The molecule has 3 aromatic rings. The lowest BCUT2D eigenvalue weighted by Gasteiger charge is -2.03. The van der Waals surface area contributed by atoms with Gasteiger partial charge in [-0.15, -0.1) is 0 Å². The summed E-state index contributed by atoms with van der Waals surface area (Å²) in [4.78, 5) is 16.7. The van der Waals surface area contributed by atoms with E-state index in [1.54, 1.807) is 18.3 Å². The number of oxazole rings is 1. The predicted octanol–water partition coefficient (Wildman–Crippen LogP) is 3.75. The third-order valence-corrected chi connectivity index (χ3v) is 4.20. The average Bonchev–Trinajstić information content (AvgIpc) is 3.23. The first kappa shape index (κ1) is 15.5. The summed E-state index contributed by atoms with van der Waals surface area (Å²) in [5, 5.41) is 10.7. The van der Waals surface area contributed by atoms with E-state index in [2.05, 4.69) is 15.5 Å². The van der Waals surface area contributed by atoms with Crippen molar-refractivity contribution in [1.82, 2.24) is 10.1 Å². The van der Waals surface area contributed by atoms with Gasteiger partial charge >= 0.3 is 0 Å². The minimum Gasteiger partial charge on any atom is -0.441 e. The van der Waals surface area contributed by atoms with E-state index >= 15 is 0 Å². The number of thiophene rings is 1. The van der Waals surface area contributed by atoms with E-state index in [4.69, 9.17) is 8.94 Å². The molecule has 120 valence electrons. The van der Waals surface area contributed by atoms with Crippen LogP contribution in [0.4, 0.5) is 5.69 Å². The first-order valence-electron chi connectivity index (χ1n) is 7.32. The molecule has 23 heavy (non-hydrogen) atoms. The Morgan fingerprint density at radius 3 is 2.83 bits per heavy atom. The molecule has 0 aliphatic heterocycles. The molecule has 0 radical (unpaired) electrons. The lowest BCUT2D eigenvalue weighted by atomic mass is 10.2. The number of hydrogen-bond donors (Lipinski definition) is 1. The summed E-state index contributed by atoms with van der Waals surface area (Å²) in [5.74, 6) is 1.63. The van der Waals surface area contributed by atoms with Gasteiger partial charge in [0, 0.05) is 10.9 Å². The van der Waals surface area contributed by atoms with Crippen LogP contribution in [0.2, 0.25) is 0 Å². The topological polar surface area (TPSA) is 81.2 Å². The molecule has 1 amide bonds. The molecule has 3 aromatic heterocycles. The lowest BCUT2D eigenvalue weighted by molar-refractivity contribution is -0.115. The van der Waals surface area contributed by atoms with Crippen LogP contribution in [-0.2, 0) is 17.6 Å². The Morgan fingerprint density at radius 2 is 2.13 bits per heavy atom. The molecule has 3 heterocycles. The molecule has 0 saturated heterocycles. The second kappa shape index (κ2) is 6.37. The number of nitrogens with zero attached hydrogens (tertiary/aromatic N) is 2. The lowest BCUT2D eigenvalue weighted by Crippen LogP contribution is -2.16. The van der Waals surface area contributed by atoms with Crippen LogP contribution in [0.5, 0.6) is 0 Å². The molecule has 3 rings (SSSR count). The van der Waals surface area contributed by atoms with Crippen LogP contribution in [0.15, 0.2) is 25.8 Å². The summed E-state index contributed by atoms with van der Waals surface area (Å²) in [5.41, 5.74) is 2.95. The van der Waals surface area contributed by atoms with Gasteiger partial charge in [-0.25, -0.2) is 4.98 Å². The molecule has 0 unspecified atom stereocenters. The number of aryl methyl sites for hydroxylation is 3. The Morgan fingerprint density at radius 1 is 1.30 bits per heavy atom. The molecule has 0 aromatic carbocycles. The Kier molecular flexibility index (Phi) is 4.29. The predicted molar refractivity (Wildman–Crippen MR) is 87.5 cm³/mol. The zero-order valence-electron chi connectivity index (χ0n) is 13.2. The Labute approximate surface area is 137 Å². The SMILES string of the molecule is CCc1noc(C)c1NC(=O)Cc1nc(-c2ccsc2)oc1C. The summed E-state index contributed by atoms with van der Waals surface area (Å²) in [6.07, 6.45) is 0.839. The molecule has 0 aliphatic carbocycles. The fraction of sp³-hybridized carbons (Fsp3) is 0.312. The maximum absolute atomic E-state index is 12.3. The highest BCUT2D eigenvalue weighted by atomic mass is 32.1. The van der Waals surface area contributed by atoms with Gasteiger partial charge in [0.25, 0.3) is 0 Å². The van der Waals surface area contributed by atoms with Crippen molar-refractivity contribution in [3.63, 3.8) is 0 Å². The van der Waals surface area contributed by atoms with Gasteiger partial charge in [-0.3, -0.25) is 4.79 Å². The fourth-order valence-electron chi connectivity index (χ4n) is 2.26. The second-order valence-electron chi connectivity index (χ2n) is 5.17. The van der Waals surface area contributed by atoms with Gasteiger partial charge in [-0.1, -0.05) is 12.1 Å². The van der Waals surface area contributed by atoms with Crippen molar-refractivity contribution in [2.45, 2.75) is 33.6 Å². The van der Waals surface area contributed by atoms with E-state index in [0.717, 1.165) is 11.3 Å². The van der Waals surface area contributed by atoms with Crippen LogP contribution in [-0.4, -0.2) is 16.0 Å². The number of carbonyl (C=O) groups excluding carboxylic acids is 1. The van der Waals surface area contributed by atoms with Crippen molar-refractivity contribution in [1.29, 1.82) is 0 Å². The third kappa shape index (κ3) is 3.19. The number of hydrogen-bond acceptors (Lipinski definition) is 6. The van der Waals surface area contributed by atoms with Crippen molar-refractivity contribution in [3.8, 4) is 11.5 Å². The Bertz CT molecular complexity index is 818. The molecule has 0 fully saturated rings. The number of rotatable bonds is 5. The maximum atomic E-state index is 12.3. The average molecular weight is 331 g/mol. The van der Waals surface area contributed by atoms with Gasteiger partial charge in [0.15, 0.2) is 5.76 Å². The highest BCUT2D eigenvalue weighted by Gasteiger charge is 2.18. The number of anilines is 1. The van der Waals surface area contributed by atoms with Crippen molar-refractivity contribution in [2.75, 3.05) is 5.32 Å². The number of carbonyl (C=O) groups is 1. The summed E-state index contributed by atoms with van der Waals surface area (Å²) in [7, 11) is 0. The van der Waals surface area contributed by atoms with Crippen LogP contribution in [0.3, 0.4) is 0 Å². The Hall–Kier alpha value is -2.41. The van der Waals surface area contributed by atoms with E-state index in [-0.39, 0.29) is 12.3 Å². The van der Waals surface area contributed by atoms with E-state index < -0.39 is 0 Å². The summed E-state index contributed by atoms with van der Waals surface area (Å²) in [6, 6.07) is 1.94. The van der Waals surface area contributed by atoms with Gasteiger partial charge in [-0.05, 0) is 31.7 Å². The van der Waals surface area contributed by atoms with E-state index in [1.807, 2.05) is 30.7 Å². The van der Waals surface area contributed by atoms with E-state index in [0.29, 0.717) is 35.2 Å². The standard InChI is InChI=1S/C16H17N3O3S/c1-4-12-15(10(3)22-19-12)18-14(20)7-13-9(2)21-16(17-13)11-5-6-23-8-11/h5-6,8H,4,7H2,1-3H3,(H,18,20). The quantitative estimate of drug-likeness (QED) is 0.770. The van der Waals surface area contributed by atoms with Gasteiger partial charge in [0.2, 0.25) is 11.8 Å². The largest absolute Gasteiger partial charge is 0.441 e. The van der Waals surface area contributed by atoms with Crippen LogP contribution >= 0.6 is 11.3 Å². The molecular weight excluding hydrogens is 314 g/mol. The minimum absolute atomic E-state index is 0.146. The number of amides is 1. The maximum Gasteiger partial charge on any atom is 0.230 e. The highest BCUT2D eigenvalue weighted by Crippen LogP contribution is 2.25. The third-order valence-electron chi connectivity index (χ3n) is 3.52. The summed E-state index contributed by atoms with van der Waals surface area (Å²) in [6.45, 7) is 5.55. The van der Waals surface area contributed by atoms with Crippen LogP contribution in [0.25, 0.3) is 11.5 Å². The van der Waals surface area contributed by atoms with E-state index in [1.165, 1.54) is 0 Å². The Balaban J connectivity index is 1.74. The molecule has 7 heteroatoms. The van der Waals surface area contributed by atoms with Crippen LogP contribution in [0.1, 0.15) is 29.8 Å². The monoisotopic (exact) mass is 331 g/mol. The number of aromatic nitrogens is 2. The first-order chi connectivity index (χ1) is 11.1. The molecule has 0 bridgehead atoms. The molecule has 0 spiro atoms. The van der Waals surface area contributed by atoms with Crippen LogP contribution < -0.4 is 5.32 Å². The highest BCUT2D eigenvalue weighted by molar-refractivity contribution is 7.08. The summed E-state index contributed by atoms with van der Waals surface area (Å²) < 4.78 is 10.8.